The predicted molar refractivity (Wildman–Crippen MR) is 157 cm³/mol. The summed E-state index contributed by atoms with van der Waals surface area (Å²) in [5.41, 5.74) is 1.06. The van der Waals surface area contributed by atoms with Gasteiger partial charge in [0.2, 0.25) is 11.8 Å². The van der Waals surface area contributed by atoms with Gasteiger partial charge in [0, 0.05) is 19.2 Å². The first-order chi connectivity index (χ1) is 19.7. The first kappa shape index (κ1) is 31.3. The molecule has 1 atom stereocenters. The number of carbonyl (C=O) groups is 2. The fourth-order valence-corrected chi connectivity index (χ4v) is 5.80. The fourth-order valence-electron chi connectivity index (χ4n) is 4.37. The molecule has 3 aromatic rings. The van der Waals surface area contributed by atoms with Gasteiger partial charge in [0.05, 0.1) is 31.9 Å². The van der Waals surface area contributed by atoms with Crippen LogP contribution >= 0.6 is 0 Å². The third kappa shape index (κ3) is 7.49. The molecule has 3 aromatic carbocycles. The normalized spacial score (nSPS) is 11.7. The van der Waals surface area contributed by atoms with Crippen molar-refractivity contribution in [2.45, 2.75) is 37.8 Å². The zero-order chi connectivity index (χ0) is 30.0. The molecule has 10 nitrogen and oxygen atoms in total. The molecule has 0 aliphatic heterocycles. The summed E-state index contributed by atoms with van der Waals surface area (Å²) in [6, 6.07) is 18.9. The fraction of sp³-hybridized carbons (Fsp3) is 0.333. The van der Waals surface area contributed by atoms with Gasteiger partial charge in [-0.15, -0.1) is 0 Å². The number of carbonyl (C=O) groups excluding carboxylic acids is 2. The van der Waals surface area contributed by atoms with Crippen LogP contribution in [0.15, 0.2) is 77.7 Å². The molecule has 220 valence electrons. The van der Waals surface area contributed by atoms with Gasteiger partial charge >= 0.3 is 0 Å². The summed E-state index contributed by atoms with van der Waals surface area (Å²) in [5, 5.41) is 2.79. The molecule has 0 saturated heterocycles. The smallest absolute Gasteiger partial charge is 0.264 e. The van der Waals surface area contributed by atoms with E-state index in [4.69, 9.17) is 14.2 Å². The summed E-state index contributed by atoms with van der Waals surface area (Å²) >= 11 is 0. The largest absolute Gasteiger partial charge is 0.497 e. The number of ether oxygens (including phenoxy) is 3. The Morgan fingerprint density at radius 3 is 2.07 bits per heavy atom. The first-order valence-electron chi connectivity index (χ1n) is 13.2. The van der Waals surface area contributed by atoms with Gasteiger partial charge in [-0.1, -0.05) is 37.3 Å². The number of hydrogen-bond acceptors (Lipinski definition) is 7. The second-order valence-electron chi connectivity index (χ2n) is 9.05. The van der Waals surface area contributed by atoms with Crippen molar-refractivity contribution in [1.82, 2.24) is 10.2 Å². The third-order valence-corrected chi connectivity index (χ3v) is 8.28. The van der Waals surface area contributed by atoms with E-state index in [2.05, 4.69) is 5.32 Å². The van der Waals surface area contributed by atoms with Crippen LogP contribution in [0.4, 0.5) is 5.69 Å². The Labute approximate surface area is 241 Å². The minimum absolute atomic E-state index is 0.0794. The summed E-state index contributed by atoms with van der Waals surface area (Å²) in [5.74, 6) is 0.403. The van der Waals surface area contributed by atoms with Crippen molar-refractivity contribution in [1.29, 1.82) is 0 Å². The van der Waals surface area contributed by atoms with Crippen LogP contribution in [-0.2, 0) is 26.2 Å². The molecule has 0 aliphatic carbocycles. The number of sulfonamides is 1. The number of likely N-dealkylation sites (N-methyl/N-ethyl adjacent to an activating group) is 1. The Bertz CT molecular complexity index is 1410. The van der Waals surface area contributed by atoms with Gasteiger partial charge in [0.15, 0.2) is 11.5 Å². The van der Waals surface area contributed by atoms with Crippen LogP contribution < -0.4 is 23.8 Å². The van der Waals surface area contributed by atoms with Gasteiger partial charge in [-0.3, -0.25) is 13.9 Å². The van der Waals surface area contributed by atoms with Crippen LogP contribution in [0.5, 0.6) is 17.2 Å². The number of methoxy groups -OCH3 is 3. The molecule has 41 heavy (non-hydrogen) atoms. The predicted octanol–water partition coefficient (Wildman–Crippen LogP) is 3.85. The zero-order valence-corrected chi connectivity index (χ0v) is 24.8. The van der Waals surface area contributed by atoms with Gasteiger partial charge in [0.25, 0.3) is 10.0 Å². The molecule has 0 unspecified atom stereocenters. The number of nitrogens with zero attached hydrogens (tertiary/aromatic N) is 2. The Morgan fingerprint density at radius 2 is 1.51 bits per heavy atom. The molecule has 1 N–H and O–H groups in total. The molecule has 11 heteroatoms. The quantitative estimate of drug-likeness (QED) is 0.307. The standard InChI is InChI=1S/C30H37N3O7S/c1-6-26(30(35)31-7-2)32(20-22-13-15-24(38-3)16-14-22)29(34)21-33(23-11-9-8-10-12-23)41(36,37)25-17-18-27(39-4)28(19-25)40-5/h8-19,26H,6-7,20-21H2,1-5H3,(H,31,35)/t26-/m0/s1. The van der Waals surface area contributed by atoms with Crippen LogP contribution in [0.2, 0.25) is 0 Å². The molecule has 0 spiro atoms. The zero-order valence-electron chi connectivity index (χ0n) is 24.0. The van der Waals surface area contributed by atoms with E-state index in [0.29, 0.717) is 30.2 Å². The highest BCUT2D eigenvalue weighted by Gasteiger charge is 2.34. The van der Waals surface area contributed by atoms with E-state index >= 15 is 0 Å². The van der Waals surface area contributed by atoms with Crippen molar-refractivity contribution >= 4 is 27.5 Å². The van der Waals surface area contributed by atoms with Crippen LogP contribution in [0.3, 0.4) is 0 Å². The molecule has 0 aromatic heterocycles. The molecule has 0 aliphatic rings. The molecule has 0 bridgehead atoms. The lowest BCUT2D eigenvalue weighted by molar-refractivity contribution is -0.140. The van der Waals surface area contributed by atoms with Crippen molar-refractivity contribution in [3.05, 3.63) is 78.4 Å². The summed E-state index contributed by atoms with van der Waals surface area (Å²) in [6.07, 6.45) is 0.335. The molecule has 0 radical (unpaired) electrons. The minimum atomic E-state index is -4.25. The van der Waals surface area contributed by atoms with E-state index in [0.717, 1.165) is 9.87 Å². The molecule has 0 saturated carbocycles. The number of anilines is 1. The molecular formula is C30H37N3O7S. The van der Waals surface area contributed by atoms with Crippen LogP contribution in [0, 0.1) is 0 Å². The average Bonchev–Trinajstić information content (AvgIpc) is 3.00. The number of para-hydroxylation sites is 1. The second-order valence-corrected chi connectivity index (χ2v) is 10.9. The molecular weight excluding hydrogens is 546 g/mol. The lowest BCUT2D eigenvalue weighted by atomic mass is 10.1. The Morgan fingerprint density at radius 1 is 0.854 bits per heavy atom. The summed E-state index contributed by atoms with van der Waals surface area (Å²) in [7, 11) is 0.176. The van der Waals surface area contributed by atoms with E-state index < -0.39 is 28.5 Å². The van der Waals surface area contributed by atoms with Gasteiger partial charge < -0.3 is 24.4 Å². The SMILES string of the molecule is CCNC(=O)[C@H](CC)N(Cc1ccc(OC)cc1)C(=O)CN(c1ccccc1)S(=O)(=O)c1ccc(OC)c(OC)c1. The third-order valence-electron chi connectivity index (χ3n) is 6.51. The molecule has 0 heterocycles. The summed E-state index contributed by atoms with van der Waals surface area (Å²) in [6.45, 7) is 3.56. The van der Waals surface area contributed by atoms with E-state index in [1.54, 1.807) is 68.6 Å². The second kappa shape index (κ2) is 14.4. The topological polar surface area (TPSA) is 114 Å². The van der Waals surface area contributed by atoms with E-state index in [9.17, 15) is 18.0 Å². The molecule has 3 rings (SSSR count). The van der Waals surface area contributed by atoms with Gasteiger partial charge in [-0.2, -0.15) is 0 Å². The first-order valence-corrected chi connectivity index (χ1v) is 14.6. The minimum Gasteiger partial charge on any atom is -0.497 e. The van der Waals surface area contributed by atoms with Crippen LogP contribution in [0.25, 0.3) is 0 Å². The van der Waals surface area contributed by atoms with E-state index in [1.165, 1.54) is 37.3 Å². The van der Waals surface area contributed by atoms with Crippen molar-refractivity contribution in [3.63, 3.8) is 0 Å². The highest BCUT2D eigenvalue weighted by Crippen LogP contribution is 2.32. The maximum Gasteiger partial charge on any atom is 0.264 e. The summed E-state index contributed by atoms with van der Waals surface area (Å²) in [4.78, 5) is 28.4. The van der Waals surface area contributed by atoms with Crippen LogP contribution in [-0.4, -0.2) is 65.6 Å². The monoisotopic (exact) mass is 583 g/mol. The maximum absolute atomic E-state index is 14.0. The van der Waals surface area contributed by atoms with Crippen molar-refractivity contribution < 1.29 is 32.2 Å². The lowest BCUT2D eigenvalue weighted by Crippen LogP contribution is -2.52. The van der Waals surface area contributed by atoms with E-state index in [-0.39, 0.29) is 23.1 Å². The van der Waals surface area contributed by atoms with Crippen molar-refractivity contribution in [2.24, 2.45) is 0 Å². The highest BCUT2D eigenvalue weighted by atomic mass is 32.2. The lowest BCUT2D eigenvalue weighted by Gasteiger charge is -2.33. The highest BCUT2D eigenvalue weighted by molar-refractivity contribution is 7.92. The average molecular weight is 584 g/mol. The number of hydrogen-bond donors (Lipinski definition) is 1. The molecule has 2 amide bonds. The summed E-state index contributed by atoms with van der Waals surface area (Å²) < 4.78 is 44.9. The maximum atomic E-state index is 14.0. The number of nitrogens with one attached hydrogen (secondary N) is 1. The Kier molecular flexibility index (Phi) is 11.0. The van der Waals surface area contributed by atoms with Crippen molar-refractivity contribution in [2.75, 3.05) is 38.7 Å². The number of amides is 2. The number of benzene rings is 3. The Hall–Kier alpha value is -4.25. The van der Waals surface area contributed by atoms with Gasteiger partial charge in [-0.25, -0.2) is 8.42 Å². The van der Waals surface area contributed by atoms with Gasteiger partial charge in [-0.05, 0) is 55.3 Å². The van der Waals surface area contributed by atoms with Gasteiger partial charge in [0.1, 0.15) is 18.3 Å². The molecule has 0 fully saturated rings. The number of rotatable bonds is 14. The Balaban J connectivity index is 2.06. The van der Waals surface area contributed by atoms with Crippen molar-refractivity contribution in [3.8, 4) is 17.2 Å². The van der Waals surface area contributed by atoms with Crippen LogP contribution in [0.1, 0.15) is 25.8 Å². The van der Waals surface area contributed by atoms with E-state index in [1.807, 2.05) is 6.92 Å².